The van der Waals surface area contributed by atoms with Crippen molar-refractivity contribution in [1.82, 2.24) is 0 Å². The van der Waals surface area contributed by atoms with Crippen molar-refractivity contribution < 1.29 is 22.7 Å². The van der Waals surface area contributed by atoms with Crippen LogP contribution in [0, 0.1) is 5.41 Å². The Bertz CT molecular complexity index is 693. The number of ketones is 1. The van der Waals surface area contributed by atoms with Gasteiger partial charge in [0.25, 0.3) is 0 Å². The molecule has 2 rings (SSSR count). The Balaban J connectivity index is 1.99. The Kier molecular flexibility index (Phi) is 5.02. The highest BCUT2D eigenvalue weighted by Gasteiger charge is 2.29. The molecule has 0 radical (unpaired) electrons. The van der Waals surface area contributed by atoms with Gasteiger partial charge in [0.05, 0.1) is 5.56 Å². The minimum absolute atomic E-state index is 0.0387. The first kappa shape index (κ1) is 18.0. The number of carbonyl (C=O) groups excluding carboxylic acids is 1. The fourth-order valence-corrected chi connectivity index (χ4v) is 2.09. The summed E-state index contributed by atoms with van der Waals surface area (Å²) in [6, 6.07) is 11.6. The number of hydrogen-bond donors (Lipinski definition) is 0. The SMILES string of the molecule is CC(C)(C)C(=O)c1ccc(OCc2ccc(C(F)(F)F)cc2)cc1. The highest BCUT2D eigenvalue weighted by atomic mass is 19.4. The molecule has 2 nitrogen and oxygen atoms in total. The maximum atomic E-state index is 12.5. The van der Waals surface area contributed by atoms with Crippen molar-refractivity contribution in [3.63, 3.8) is 0 Å². The third-order valence-corrected chi connectivity index (χ3v) is 3.48. The first-order valence-corrected chi connectivity index (χ1v) is 7.51. The fourth-order valence-electron chi connectivity index (χ4n) is 2.09. The van der Waals surface area contributed by atoms with E-state index in [0.29, 0.717) is 16.9 Å². The summed E-state index contributed by atoms with van der Waals surface area (Å²) in [6.45, 7) is 5.71. The van der Waals surface area contributed by atoms with Gasteiger partial charge in [-0.15, -0.1) is 0 Å². The first-order chi connectivity index (χ1) is 11.1. The van der Waals surface area contributed by atoms with E-state index < -0.39 is 17.2 Å². The zero-order chi connectivity index (χ0) is 18.0. The van der Waals surface area contributed by atoms with Crippen LogP contribution < -0.4 is 4.74 Å². The zero-order valence-corrected chi connectivity index (χ0v) is 13.8. The van der Waals surface area contributed by atoms with Crippen molar-refractivity contribution in [2.24, 2.45) is 5.41 Å². The number of alkyl halides is 3. The fraction of sp³-hybridized carbons (Fsp3) is 0.316. The van der Waals surface area contributed by atoms with E-state index >= 15 is 0 Å². The molecule has 0 spiro atoms. The van der Waals surface area contributed by atoms with Crippen molar-refractivity contribution in [3.05, 3.63) is 65.2 Å². The molecule has 0 bridgehead atoms. The lowest BCUT2D eigenvalue weighted by Crippen LogP contribution is -2.19. The first-order valence-electron chi connectivity index (χ1n) is 7.51. The average Bonchev–Trinajstić information content (AvgIpc) is 2.51. The molecule has 0 saturated carbocycles. The van der Waals surface area contributed by atoms with E-state index in [1.807, 2.05) is 20.8 Å². The third kappa shape index (κ3) is 4.60. The van der Waals surface area contributed by atoms with Gasteiger partial charge in [-0.2, -0.15) is 13.2 Å². The van der Waals surface area contributed by atoms with Gasteiger partial charge in [-0.3, -0.25) is 4.79 Å². The topological polar surface area (TPSA) is 26.3 Å². The molecule has 0 heterocycles. The Labute approximate surface area is 139 Å². The summed E-state index contributed by atoms with van der Waals surface area (Å²) >= 11 is 0. The molecular weight excluding hydrogens is 317 g/mol. The summed E-state index contributed by atoms with van der Waals surface area (Å²) in [5.74, 6) is 0.595. The molecule has 0 N–H and O–H groups in total. The molecule has 2 aromatic carbocycles. The quantitative estimate of drug-likeness (QED) is 0.688. The average molecular weight is 336 g/mol. The molecule has 0 aliphatic heterocycles. The number of ether oxygens (including phenoxy) is 1. The number of Topliss-reactive ketones (excluding diaryl/α,β-unsaturated/α-hetero) is 1. The van der Waals surface area contributed by atoms with Gasteiger partial charge in [0.2, 0.25) is 0 Å². The highest BCUT2D eigenvalue weighted by molar-refractivity contribution is 5.99. The molecule has 5 heteroatoms. The molecule has 2 aromatic rings. The third-order valence-electron chi connectivity index (χ3n) is 3.48. The van der Waals surface area contributed by atoms with Crippen molar-refractivity contribution in [2.45, 2.75) is 33.6 Å². The van der Waals surface area contributed by atoms with Gasteiger partial charge in [0.15, 0.2) is 5.78 Å². The van der Waals surface area contributed by atoms with Crippen LogP contribution in [0.2, 0.25) is 0 Å². The van der Waals surface area contributed by atoms with Crippen LogP contribution in [0.5, 0.6) is 5.75 Å². The number of carbonyl (C=O) groups is 1. The zero-order valence-electron chi connectivity index (χ0n) is 13.8. The Morgan fingerprint density at radius 1 is 0.917 bits per heavy atom. The molecular formula is C19H19F3O2. The number of hydrogen-bond acceptors (Lipinski definition) is 2. The second-order valence-corrected chi connectivity index (χ2v) is 6.59. The summed E-state index contributed by atoms with van der Waals surface area (Å²) in [4.78, 5) is 12.1. The smallest absolute Gasteiger partial charge is 0.416 e. The van der Waals surface area contributed by atoms with Crippen LogP contribution in [0.1, 0.15) is 42.3 Å². The molecule has 0 unspecified atom stereocenters. The van der Waals surface area contributed by atoms with Gasteiger partial charge < -0.3 is 4.74 Å². The normalized spacial score (nSPS) is 12.1. The molecule has 0 fully saturated rings. The van der Waals surface area contributed by atoms with E-state index in [1.54, 1.807) is 24.3 Å². The van der Waals surface area contributed by atoms with Gasteiger partial charge in [-0.05, 0) is 42.0 Å². The van der Waals surface area contributed by atoms with Crippen LogP contribution >= 0.6 is 0 Å². The van der Waals surface area contributed by atoms with E-state index in [2.05, 4.69) is 0 Å². The largest absolute Gasteiger partial charge is 0.489 e. The highest BCUT2D eigenvalue weighted by Crippen LogP contribution is 2.29. The Morgan fingerprint density at radius 3 is 1.92 bits per heavy atom. The molecule has 0 aliphatic rings. The lowest BCUT2D eigenvalue weighted by atomic mass is 9.86. The van der Waals surface area contributed by atoms with Gasteiger partial charge in [-0.1, -0.05) is 32.9 Å². The summed E-state index contributed by atoms with van der Waals surface area (Å²) < 4.78 is 43.0. The van der Waals surface area contributed by atoms with E-state index in [4.69, 9.17) is 4.74 Å². The van der Waals surface area contributed by atoms with Crippen LogP contribution in [0.4, 0.5) is 13.2 Å². The van der Waals surface area contributed by atoms with Crippen molar-refractivity contribution in [3.8, 4) is 5.75 Å². The van der Waals surface area contributed by atoms with Crippen LogP contribution in [-0.2, 0) is 12.8 Å². The predicted octanol–water partition coefficient (Wildman–Crippen LogP) is 5.51. The van der Waals surface area contributed by atoms with E-state index in [0.717, 1.165) is 12.1 Å². The second kappa shape index (κ2) is 6.67. The second-order valence-electron chi connectivity index (χ2n) is 6.59. The van der Waals surface area contributed by atoms with Gasteiger partial charge in [0, 0.05) is 11.0 Å². The maximum Gasteiger partial charge on any atom is 0.416 e. The molecule has 0 amide bonds. The van der Waals surface area contributed by atoms with Crippen LogP contribution in [0.25, 0.3) is 0 Å². The summed E-state index contributed by atoms with van der Waals surface area (Å²) in [5.41, 5.74) is 0.0984. The van der Waals surface area contributed by atoms with Gasteiger partial charge in [-0.25, -0.2) is 0 Å². The van der Waals surface area contributed by atoms with Crippen molar-refractivity contribution in [2.75, 3.05) is 0 Å². The number of benzene rings is 2. The van der Waals surface area contributed by atoms with Gasteiger partial charge >= 0.3 is 6.18 Å². The van der Waals surface area contributed by atoms with Crippen molar-refractivity contribution in [1.29, 1.82) is 0 Å². The lowest BCUT2D eigenvalue weighted by Gasteiger charge is -2.16. The molecule has 0 saturated heterocycles. The molecule has 24 heavy (non-hydrogen) atoms. The predicted molar refractivity (Wildman–Crippen MR) is 86.0 cm³/mol. The Morgan fingerprint density at radius 2 is 1.46 bits per heavy atom. The molecule has 0 aromatic heterocycles. The number of halogens is 3. The van der Waals surface area contributed by atoms with Crippen LogP contribution in [0.3, 0.4) is 0 Å². The summed E-state index contributed by atoms with van der Waals surface area (Å²) in [7, 11) is 0. The maximum absolute atomic E-state index is 12.5. The van der Waals surface area contributed by atoms with E-state index in [1.165, 1.54) is 12.1 Å². The summed E-state index contributed by atoms with van der Waals surface area (Å²) in [5, 5.41) is 0. The van der Waals surface area contributed by atoms with Crippen LogP contribution in [-0.4, -0.2) is 5.78 Å². The monoisotopic (exact) mass is 336 g/mol. The molecule has 0 aliphatic carbocycles. The lowest BCUT2D eigenvalue weighted by molar-refractivity contribution is -0.137. The standard InChI is InChI=1S/C19H19F3O2/c1-18(2,3)17(23)14-6-10-16(11-7-14)24-12-13-4-8-15(9-5-13)19(20,21)22/h4-11H,12H2,1-3H3. The van der Waals surface area contributed by atoms with Gasteiger partial charge in [0.1, 0.15) is 12.4 Å². The molecule has 128 valence electrons. The van der Waals surface area contributed by atoms with Crippen molar-refractivity contribution >= 4 is 5.78 Å². The minimum Gasteiger partial charge on any atom is -0.489 e. The molecule has 0 atom stereocenters. The van der Waals surface area contributed by atoms with Crippen LogP contribution in [0.15, 0.2) is 48.5 Å². The Hall–Kier alpha value is -2.30. The number of rotatable bonds is 4. The van der Waals surface area contributed by atoms with E-state index in [9.17, 15) is 18.0 Å². The van der Waals surface area contributed by atoms with E-state index in [-0.39, 0.29) is 12.4 Å². The summed E-state index contributed by atoms with van der Waals surface area (Å²) in [6.07, 6.45) is -4.34. The minimum atomic E-state index is -4.34.